The SMILES string of the molecule is CCN(Cc1cnn(CC)c1)C(=O)CCNS(C)(=O)=O. The summed E-state index contributed by atoms with van der Waals surface area (Å²) in [5, 5.41) is 4.16. The molecule has 8 heteroatoms. The zero-order valence-electron chi connectivity index (χ0n) is 12.2. The third-order valence-corrected chi connectivity index (χ3v) is 3.55. The minimum absolute atomic E-state index is 0.0760. The van der Waals surface area contributed by atoms with Gasteiger partial charge in [0, 0.05) is 44.4 Å². The minimum atomic E-state index is -3.25. The van der Waals surface area contributed by atoms with Crippen molar-refractivity contribution in [3.05, 3.63) is 18.0 Å². The first-order chi connectivity index (χ1) is 9.35. The van der Waals surface area contributed by atoms with Gasteiger partial charge in [-0.15, -0.1) is 0 Å². The van der Waals surface area contributed by atoms with Crippen LogP contribution in [0.15, 0.2) is 12.4 Å². The van der Waals surface area contributed by atoms with Crippen molar-refractivity contribution < 1.29 is 13.2 Å². The van der Waals surface area contributed by atoms with Crippen molar-refractivity contribution >= 4 is 15.9 Å². The monoisotopic (exact) mass is 302 g/mol. The molecule has 0 saturated heterocycles. The maximum absolute atomic E-state index is 12.0. The number of aromatic nitrogens is 2. The van der Waals surface area contributed by atoms with E-state index in [-0.39, 0.29) is 18.9 Å². The van der Waals surface area contributed by atoms with E-state index >= 15 is 0 Å². The summed E-state index contributed by atoms with van der Waals surface area (Å²) in [7, 11) is -3.25. The summed E-state index contributed by atoms with van der Waals surface area (Å²) in [6.07, 6.45) is 4.88. The summed E-state index contributed by atoms with van der Waals surface area (Å²) in [5.74, 6) is -0.0760. The molecule has 0 saturated carbocycles. The molecular weight excluding hydrogens is 280 g/mol. The second kappa shape index (κ2) is 7.39. The van der Waals surface area contributed by atoms with Crippen molar-refractivity contribution in [2.24, 2.45) is 0 Å². The lowest BCUT2D eigenvalue weighted by molar-refractivity contribution is -0.131. The molecule has 0 aliphatic heterocycles. The molecule has 0 spiro atoms. The Morgan fingerprint density at radius 1 is 1.45 bits per heavy atom. The van der Waals surface area contributed by atoms with E-state index in [2.05, 4.69) is 9.82 Å². The van der Waals surface area contributed by atoms with Crippen LogP contribution in [0.25, 0.3) is 0 Å². The molecule has 1 aromatic rings. The fourth-order valence-corrected chi connectivity index (χ4v) is 2.23. The molecule has 7 nitrogen and oxygen atoms in total. The van der Waals surface area contributed by atoms with Crippen molar-refractivity contribution in [2.75, 3.05) is 19.3 Å². The van der Waals surface area contributed by atoms with Gasteiger partial charge in [-0.3, -0.25) is 9.48 Å². The normalized spacial score (nSPS) is 11.6. The Morgan fingerprint density at radius 2 is 2.15 bits per heavy atom. The maximum Gasteiger partial charge on any atom is 0.224 e. The van der Waals surface area contributed by atoms with Crippen LogP contribution >= 0.6 is 0 Å². The number of sulfonamides is 1. The summed E-state index contributed by atoms with van der Waals surface area (Å²) >= 11 is 0. The highest BCUT2D eigenvalue weighted by Gasteiger charge is 2.13. The second-order valence-corrected chi connectivity index (χ2v) is 6.36. The highest BCUT2D eigenvalue weighted by atomic mass is 32.2. The van der Waals surface area contributed by atoms with Crippen molar-refractivity contribution in [1.29, 1.82) is 0 Å². The summed E-state index contributed by atoms with van der Waals surface area (Å²) in [6.45, 7) is 5.88. The number of nitrogens with zero attached hydrogens (tertiary/aromatic N) is 3. The molecule has 0 bridgehead atoms. The number of aryl methyl sites for hydroxylation is 1. The van der Waals surface area contributed by atoms with Crippen LogP contribution < -0.4 is 4.72 Å². The molecule has 0 aliphatic rings. The number of nitrogens with one attached hydrogen (secondary N) is 1. The molecule has 114 valence electrons. The van der Waals surface area contributed by atoms with Crippen molar-refractivity contribution in [1.82, 2.24) is 19.4 Å². The topological polar surface area (TPSA) is 84.3 Å². The van der Waals surface area contributed by atoms with Gasteiger partial charge >= 0.3 is 0 Å². The van der Waals surface area contributed by atoms with Gasteiger partial charge in [-0.05, 0) is 13.8 Å². The quantitative estimate of drug-likeness (QED) is 0.743. The number of carbonyl (C=O) groups excluding carboxylic acids is 1. The number of carbonyl (C=O) groups is 1. The predicted octanol–water partition coefficient (Wildman–Crippen LogP) is 0.191. The van der Waals surface area contributed by atoms with Crippen LogP contribution in [0, 0.1) is 0 Å². The maximum atomic E-state index is 12.0. The van der Waals surface area contributed by atoms with Crippen LogP contribution in [0.4, 0.5) is 0 Å². The first-order valence-electron chi connectivity index (χ1n) is 6.59. The van der Waals surface area contributed by atoms with Gasteiger partial charge in [0.15, 0.2) is 0 Å². The summed E-state index contributed by atoms with van der Waals surface area (Å²) in [5.41, 5.74) is 0.970. The molecule has 0 aromatic carbocycles. The molecule has 1 aromatic heterocycles. The first-order valence-corrected chi connectivity index (χ1v) is 8.48. The van der Waals surface area contributed by atoms with Gasteiger partial charge in [0.2, 0.25) is 15.9 Å². The highest BCUT2D eigenvalue weighted by molar-refractivity contribution is 7.88. The zero-order chi connectivity index (χ0) is 15.2. The predicted molar refractivity (Wildman–Crippen MR) is 76.5 cm³/mol. The average molecular weight is 302 g/mol. The number of hydrogen-bond acceptors (Lipinski definition) is 4. The van der Waals surface area contributed by atoms with E-state index < -0.39 is 10.0 Å². The summed E-state index contributed by atoms with van der Waals surface area (Å²) < 4.78 is 26.0. The molecule has 1 amide bonds. The van der Waals surface area contributed by atoms with Crippen LogP contribution in [0.3, 0.4) is 0 Å². The Hall–Kier alpha value is -1.41. The minimum Gasteiger partial charge on any atom is -0.338 e. The molecule has 20 heavy (non-hydrogen) atoms. The lowest BCUT2D eigenvalue weighted by atomic mass is 10.3. The molecule has 1 rings (SSSR count). The first kappa shape index (κ1) is 16.6. The van der Waals surface area contributed by atoms with Crippen molar-refractivity contribution in [2.45, 2.75) is 33.4 Å². The third kappa shape index (κ3) is 5.70. The average Bonchev–Trinajstić information content (AvgIpc) is 2.81. The van der Waals surface area contributed by atoms with E-state index in [4.69, 9.17) is 0 Å². The van der Waals surface area contributed by atoms with Crippen LogP contribution in [-0.2, 0) is 27.9 Å². The summed E-state index contributed by atoms with van der Waals surface area (Å²) in [6, 6.07) is 0. The van der Waals surface area contributed by atoms with Crippen LogP contribution in [0.2, 0.25) is 0 Å². The Bertz CT molecular complexity index is 539. The molecular formula is C12H22N4O3S. The third-order valence-electron chi connectivity index (χ3n) is 2.82. The fraction of sp³-hybridized carbons (Fsp3) is 0.667. The lowest BCUT2D eigenvalue weighted by Crippen LogP contribution is -2.33. The molecule has 0 radical (unpaired) electrons. The van der Waals surface area contributed by atoms with Gasteiger partial charge in [0.25, 0.3) is 0 Å². The molecule has 1 heterocycles. The molecule has 0 atom stereocenters. The van der Waals surface area contributed by atoms with Gasteiger partial charge in [0.05, 0.1) is 12.5 Å². The number of hydrogen-bond donors (Lipinski definition) is 1. The smallest absolute Gasteiger partial charge is 0.224 e. The van der Waals surface area contributed by atoms with E-state index in [0.29, 0.717) is 13.1 Å². The fourth-order valence-electron chi connectivity index (χ4n) is 1.76. The summed E-state index contributed by atoms with van der Waals surface area (Å²) in [4.78, 5) is 13.7. The van der Waals surface area contributed by atoms with E-state index in [9.17, 15) is 13.2 Å². The second-order valence-electron chi connectivity index (χ2n) is 4.53. The Kier molecular flexibility index (Phi) is 6.15. The molecule has 0 aliphatic carbocycles. The van der Waals surface area contributed by atoms with Crippen LogP contribution in [0.5, 0.6) is 0 Å². The molecule has 0 fully saturated rings. The zero-order valence-corrected chi connectivity index (χ0v) is 13.0. The number of amides is 1. The largest absolute Gasteiger partial charge is 0.338 e. The van der Waals surface area contributed by atoms with Crippen LogP contribution in [-0.4, -0.2) is 48.4 Å². The van der Waals surface area contributed by atoms with Crippen LogP contribution in [0.1, 0.15) is 25.8 Å². The van der Waals surface area contributed by atoms with E-state index in [1.54, 1.807) is 15.8 Å². The van der Waals surface area contributed by atoms with Crippen molar-refractivity contribution in [3.8, 4) is 0 Å². The van der Waals surface area contributed by atoms with Gasteiger partial charge in [0.1, 0.15) is 0 Å². The standard InChI is InChI=1S/C12H22N4O3S/c1-4-15(9-11-8-13-16(5-2)10-11)12(17)6-7-14-20(3,18)19/h8,10,14H,4-7,9H2,1-3H3. The number of rotatable bonds is 8. The van der Waals surface area contributed by atoms with Gasteiger partial charge in [-0.1, -0.05) is 0 Å². The Labute approximate surface area is 120 Å². The van der Waals surface area contributed by atoms with Gasteiger partial charge in [-0.2, -0.15) is 5.10 Å². The molecule has 0 unspecified atom stereocenters. The molecule has 1 N–H and O–H groups in total. The van der Waals surface area contributed by atoms with Crippen molar-refractivity contribution in [3.63, 3.8) is 0 Å². The van der Waals surface area contributed by atoms with E-state index in [0.717, 1.165) is 18.4 Å². The Balaban J connectivity index is 2.50. The van der Waals surface area contributed by atoms with E-state index in [1.165, 1.54) is 0 Å². The Morgan fingerprint density at radius 3 is 2.65 bits per heavy atom. The highest BCUT2D eigenvalue weighted by Crippen LogP contribution is 2.05. The van der Waals surface area contributed by atoms with E-state index in [1.807, 2.05) is 20.0 Å². The lowest BCUT2D eigenvalue weighted by Gasteiger charge is -2.20. The van der Waals surface area contributed by atoms with Gasteiger partial charge in [-0.25, -0.2) is 13.1 Å². The van der Waals surface area contributed by atoms with Gasteiger partial charge < -0.3 is 4.90 Å².